The SMILES string of the molecule is Fc1ccc2[nH]c(-c3cccc4c3c(Cl)cn4CCCCC3CCNCC3)nc2c1F. The van der Waals surface area contributed by atoms with Crippen molar-refractivity contribution in [1.82, 2.24) is 19.9 Å². The molecule has 2 N–H and O–H groups in total. The monoisotopic (exact) mass is 442 g/mol. The number of nitrogens with zero attached hydrogens (tertiary/aromatic N) is 2. The summed E-state index contributed by atoms with van der Waals surface area (Å²) in [4.78, 5) is 7.43. The Kier molecular flexibility index (Phi) is 5.67. The lowest BCUT2D eigenvalue weighted by molar-refractivity contribution is 0.341. The first-order valence-corrected chi connectivity index (χ1v) is 11.3. The normalized spacial score (nSPS) is 15.3. The molecule has 0 aliphatic carbocycles. The zero-order valence-corrected chi connectivity index (χ0v) is 18.0. The van der Waals surface area contributed by atoms with Crippen LogP contribution in [0.4, 0.5) is 8.78 Å². The van der Waals surface area contributed by atoms with Crippen LogP contribution in [0.5, 0.6) is 0 Å². The van der Waals surface area contributed by atoms with Crippen molar-refractivity contribution >= 4 is 33.5 Å². The molecule has 31 heavy (non-hydrogen) atoms. The number of nitrogens with one attached hydrogen (secondary N) is 2. The van der Waals surface area contributed by atoms with Crippen molar-refractivity contribution in [3.05, 3.63) is 53.2 Å². The molecule has 0 spiro atoms. The third-order valence-electron chi connectivity index (χ3n) is 6.38. The minimum Gasteiger partial charge on any atom is -0.346 e. The number of rotatable bonds is 6. The molecule has 162 valence electrons. The van der Waals surface area contributed by atoms with Gasteiger partial charge in [0.15, 0.2) is 11.6 Å². The van der Waals surface area contributed by atoms with Crippen LogP contribution < -0.4 is 5.32 Å². The van der Waals surface area contributed by atoms with E-state index in [4.69, 9.17) is 11.6 Å². The molecule has 1 aliphatic rings. The smallest absolute Gasteiger partial charge is 0.186 e. The summed E-state index contributed by atoms with van der Waals surface area (Å²) in [6, 6.07) is 8.50. The van der Waals surface area contributed by atoms with Gasteiger partial charge < -0.3 is 14.9 Å². The number of imidazole rings is 1. The van der Waals surface area contributed by atoms with Gasteiger partial charge in [0.05, 0.1) is 16.1 Å². The first-order valence-electron chi connectivity index (χ1n) is 10.9. The first kappa shape index (κ1) is 20.5. The Morgan fingerprint density at radius 3 is 2.77 bits per heavy atom. The van der Waals surface area contributed by atoms with E-state index in [1.165, 1.54) is 31.7 Å². The van der Waals surface area contributed by atoms with Crippen molar-refractivity contribution in [2.45, 2.75) is 38.6 Å². The van der Waals surface area contributed by atoms with E-state index in [0.717, 1.165) is 54.5 Å². The molecule has 2 aromatic heterocycles. The second-order valence-electron chi connectivity index (χ2n) is 8.40. The number of hydrogen-bond acceptors (Lipinski definition) is 2. The lowest BCUT2D eigenvalue weighted by atomic mass is 9.92. The molecule has 0 atom stereocenters. The van der Waals surface area contributed by atoms with Crippen LogP contribution in [0, 0.1) is 17.6 Å². The van der Waals surface area contributed by atoms with Gasteiger partial charge in [-0.15, -0.1) is 0 Å². The second-order valence-corrected chi connectivity index (χ2v) is 8.81. The third-order valence-corrected chi connectivity index (χ3v) is 6.67. The van der Waals surface area contributed by atoms with Gasteiger partial charge in [-0.25, -0.2) is 13.8 Å². The van der Waals surface area contributed by atoms with E-state index < -0.39 is 11.6 Å². The van der Waals surface area contributed by atoms with Gasteiger partial charge in [-0.05, 0) is 56.5 Å². The summed E-state index contributed by atoms with van der Waals surface area (Å²) in [5.74, 6) is -0.520. The molecule has 0 amide bonds. The van der Waals surface area contributed by atoms with Gasteiger partial charge in [0.25, 0.3) is 0 Å². The van der Waals surface area contributed by atoms with Gasteiger partial charge in [0.2, 0.25) is 0 Å². The van der Waals surface area contributed by atoms with Crippen LogP contribution in [0.2, 0.25) is 5.02 Å². The molecule has 4 aromatic rings. The van der Waals surface area contributed by atoms with E-state index >= 15 is 0 Å². The minimum atomic E-state index is -0.940. The number of H-pyrrole nitrogens is 1. The van der Waals surface area contributed by atoms with Gasteiger partial charge in [-0.1, -0.05) is 36.6 Å². The van der Waals surface area contributed by atoms with Crippen molar-refractivity contribution in [1.29, 1.82) is 0 Å². The largest absolute Gasteiger partial charge is 0.346 e. The Bertz CT molecular complexity index is 1220. The Morgan fingerprint density at radius 1 is 1.10 bits per heavy atom. The molecule has 0 saturated carbocycles. The molecular weight excluding hydrogens is 418 g/mol. The zero-order valence-electron chi connectivity index (χ0n) is 17.2. The number of piperidine rings is 1. The fourth-order valence-electron chi connectivity index (χ4n) is 4.71. The van der Waals surface area contributed by atoms with Gasteiger partial charge in [-0.3, -0.25) is 0 Å². The van der Waals surface area contributed by atoms with Crippen LogP contribution in [-0.2, 0) is 6.54 Å². The standard InChI is InChI=1S/C24H25ClF2N4/c25-17-14-31(13-2-1-4-15-9-11-28-12-10-15)20-6-3-5-16(21(17)20)24-29-19-8-7-18(26)22(27)23(19)30-24/h3,5-8,14-15,28H,1-2,4,9-13H2,(H,29,30). The van der Waals surface area contributed by atoms with Crippen LogP contribution in [0.15, 0.2) is 36.5 Å². The van der Waals surface area contributed by atoms with Gasteiger partial charge >= 0.3 is 0 Å². The number of unbranched alkanes of at least 4 members (excludes halogenated alkanes) is 1. The molecule has 1 aliphatic heterocycles. The average molecular weight is 443 g/mol. The zero-order chi connectivity index (χ0) is 21.4. The summed E-state index contributed by atoms with van der Waals surface area (Å²) < 4.78 is 29.9. The molecule has 1 fully saturated rings. The summed E-state index contributed by atoms with van der Waals surface area (Å²) in [6.45, 7) is 3.19. The molecule has 1 saturated heterocycles. The summed E-state index contributed by atoms with van der Waals surface area (Å²) >= 11 is 6.62. The van der Waals surface area contributed by atoms with Crippen molar-refractivity contribution in [2.75, 3.05) is 13.1 Å². The van der Waals surface area contributed by atoms with Crippen molar-refractivity contribution in [3.8, 4) is 11.4 Å². The van der Waals surface area contributed by atoms with Crippen molar-refractivity contribution < 1.29 is 8.78 Å². The molecule has 5 rings (SSSR count). The number of hydrogen-bond donors (Lipinski definition) is 2. The summed E-state index contributed by atoms with van der Waals surface area (Å²) in [5.41, 5.74) is 2.27. The fourth-order valence-corrected chi connectivity index (χ4v) is 5.03. The van der Waals surface area contributed by atoms with E-state index in [0.29, 0.717) is 16.4 Å². The van der Waals surface area contributed by atoms with Crippen LogP contribution in [0.25, 0.3) is 33.3 Å². The predicted octanol–water partition coefficient (Wildman–Crippen LogP) is 6.29. The molecule has 0 radical (unpaired) electrons. The average Bonchev–Trinajstić information content (AvgIpc) is 3.37. The summed E-state index contributed by atoms with van der Waals surface area (Å²) in [7, 11) is 0. The first-order chi connectivity index (χ1) is 15.1. The highest BCUT2D eigenvalue weighted by atomic mass is 35.5. The quantitative estimate of drug-likeness (QED) is 0.345. The van der Waals surface area contributed by atoms with E-state index in [9.17, 15) is 8.78 Å². The number of fused-ring (bicyclic) bond motifs is 2. The number of halogens is 3. The van der Waals surface area contributed by atoms with Crippen LogP contribution >= 0.6 is 11.6 Å². The van der Waals surface area contributed by atoms with E-state index in [-0.39, 0.29) is 5.52 Å². The molecule has 0 bridgehead atoms. The number of aromatic nitrogens is 3. The maximum absolute atomic E-state index is 14.1. The molecule has 0 unspecified atom stereocenters. The predicted molar refractivity (Wildman–Crippen MR) is 121 cm³/mol. The van der Waals surface area contributed by atoms with Gasteiger partial charge in [0.1, 0.15) is 11.3 Å². The van der Waals surface area contributed by atoms with Gasteiger partial charge in [0, 0.05) is 23.7 Å². The second kappa shape index (κ2) is 8.60. The molecule has 3 heterocycles. The lowest BCUT2D eigenvalue weighted by Gasteiger charge is -2.22. The third kappa shape index (κ3) is 3.94. The van der Waals surface area contributed by atoms with Crippen LogP contribution in [0.3, 0.4) is 0 Å². The Hall–Kier alpha value is -2.44. The van der Waals surface area contributed by atoms with E-state index in [1.807, 2.05) is 24.4 Å². The van der Waals surface area contributed by atoms with Crippen LogP contribution in [0.1, 0.15) is 32.1 Å². The summed E-state index contributed by atoms with van der Waals surface area (Å²) in [5, 5.41) is 4.93. The van der Waals surface area contributed by atoms with E-state index in [2.05, 4.69) is 19.9 Å². The van der Waals surface area contributed by atoms with Crippen LogP contribution in [-0.4, -0.2) is 27.6 Å². The van der Waals surface area contributed by atoms with Crippen molar-refractivity contribution in [2.24, 2.45) is 5.92 Å². The topological polar surface area (TPSA) is 45.6 Å². The Labute approximate surface area is 184 Å². The fraction of sp³-hybridized carbons (Fsp3) is 0.375. The highest BCUT2D eigenvalue weighted by molar-refractivity contribution is 6.36. The summed E-state index contributed by atoms with van der Waals surface area (Å²) in [6.07, 6.45) is 8.11. The Balaban J connectivity index is 1.40. The molecule has 7 heteroatoms. The van der Waals surface area contributed by atoms with Gasteiger partial charge in [-0.2, -0.15) is 0 Å². The Morgan fingerprint density at radius 2 is 1.94 bits per heavy atom. The minimum absolute atomic E-state index is 0.000436. The maximum Gasteiger partial charge on any atom is 0.186 e. The van der Waals surface area contributed by atoms with Crippen molar-refractivity contribution in [3.63, 3.8) is 0 Å². The van der Waals surface area contributed by atoms with E-state index in [1.54, 1.807) is 0 Å². The maximum atomic E-state index is 14.1. The number of aryl methyl sites for hydroxylation is 1. The molecule has 2 aromatic carbocycles. The number of benzene rings is 2. The highest BCUT2D eigenvalue weighted by Crippen LogP contribution is 2.35. The lowest BCUT2D eigenvalue weighted by Crippen LogP contribution is -2.27. The number of aromatic amines is 1. The molecular formula is C24H25ClF2N4. The molecule has 4 nitrogen and oxygen atoms in total. The highest BCUT2D eigenvalue weighted by Gasteiger charge is 2.18.